The van der Waals surface area contributed by atoms with Gasteiger partial charge < -0.3 is 20.1 Å². The van der Waals surface area contributed by atoms with Gasteiger partial charge in [0.25, 0.3) is 5.91 Å². The van der Waals surface area contributed by atoms with Gasteiger partial charge in [-0.25, -0.2) is 4.68 Å². The predicted molar refractivity (Wildman–Crippen MR) is 198 cm³/mol. The number of nitrogens with zero attached hydrogens (tertiary/aromatic N) is 3. The van der Waals surface area contributed by atoms with Crippen molar-refractivity contribution in [1.82, 2.24) is 14.8 Å². The number of hydrogen-bond acceptors (Lipinski definition) is 7. The SMILES string of the molecule is CCOc1cc(C2C(C(=O)Nc3cccc(C)c3)=C(C)Nc3nc(SCc4ccccc4Cl)nn32)ccc1OCc1cc(C)c(C)cc1C. The Bertz CT molecular complexity index is 2060. The Morgan fingerprint density at radius 2 is 1.69 bits per heavy atom. The lowest BCUT2D eigenvalue weighted by Gasteiger charge is -2.29. The van der Waals surface area contributed by atoms with Gasteiger partial charge in [0.2, 0.25) is 11.1 Å². The molecule has 10 heteroatoms. The van der Waals surface area contributed by atoms with Crippen molar-refractivity contribution in [1.29, 1.82) is 0 Å². The van der Waals surface area contributed by atoms with Crippen LogP contribution in [0.15, 0.2) is 95.3 Å². The summed E-state index contributed by atoms with van der Waals surface area (Å²) in [4.78, 5) is 18.9. The van der Waals surface area contributed by atoms with Crippen LogP contribution >= 0.6 is 23.4 Å². The Kier molecular flexibility index (Phi) is 10.3. The van der Waals surface area contributed by atoms with Gasteiger partial charge in [0.1, 0.15) is 12.6 Å². The fraction of sp³-hybridized carbons (Fsp3) is 0.256. The Morgan fingerprint density at radius 3 is 2.47 bits per heavy atom. The number of aromatic nitrogens is 3. The molecule has 0 saturated heterocycles. The quantitative estimate of drug-likeness (QED) is 0.133. The number of carbonyl (C=O) groups excluding carboxylic acids is 1. The van der Waals surface area contributed by atoms with Gasteiger partial charge in [-0.1, -0.05) is 71.9 Å². The second-order valence-corrected chi connectivity index (χ2v) is 13.6. The van der Waals surface area contributed by atoms with Crippen LogP contribution in [0.1, 0.15) is 58.8 Å². The highest BCUT2D eigenvalue weighted by molar-refractivity contribution is 7.98. The topological polar surface area (TPSA) is 90.3 Å². The fourth-order valence-corrected chi connectivity index (χ4v) is 7.00. The van der Waals surface area contributed by atoms with Crippen LogP contribution in [0.2, 0.25) is 5.02 Å². The average molecular weight is 694 g/mol. The normalized spacial score (nSPS) is 13.9. The molecule has 0 spiro atoms. The zero-order valence-corrected chi connectivity index (χ0v) is 30.1. The van der Waals surface area contributed by atoms with E-state index in [2.05, 4.69) is 43.5 Å². The summed E-state index contributed by atoms with van der Waals surface area (Å²) in [6, 6.07) is 25.1. The molecule has 1 aromatic heterocycles. The van der Waals surface area contributed by atoms with Crippen molar-refractivity contribution in [2.45, 2.75) is 65.1 Å². The lowest BCUT2D eigenvalue weighted by Crippen LogP contribution is -2.31. The third-order valence-corrected chi connectivity index (χ3v) is 9.84. The molecular weight excluding hydrogens is 654 g/mol. The van der Waals surface area contributed by atoms with Crippen LogP contribution in [-0.2, 0) is 17.2 Å². The number of hydrogen-bond donors (Lipinski definition) is 2. The minimum absolute atomic E-state index is 0.240. The lowest BCUT2D eigenvalue weighted by atomic mass is 9.94. The molecular formula is C39H40ClN5O3S. The van der Waals surface area contributed by atoms with Gasteiger partial charge in [-0.05, 0) is 111 Å². The standard InChI is InChI=1S/C39H40ClN5O3S/c1-7-47-34-20-28(15-16-33(34)48-21-30-19-25(4)24(3)18-26(30)5)36-35(37(46)42-31-13-10-11-23(2)17-31)27(6)41-38-43-39(44-45(36)38)49-22-29-12-8-9-14-32(29)40/h8-20,36H,7,21-22H2,1-6H3,(H,42,46)(H,41,43,44). The maximum Gasteiger partial charge on any atom is 0.255 e. The summed E-state index contributed by atoms with van der Waals surface area (Å²) in [6.45, 7) is 13.0. The van der Waals surface area contributed by atoms with E-state index in [1.807, 2.05) is 87.5 Å². The number of benzene rings is 4. The second kappa shape index (κ2) is 14.8. The summed E-state index contributed by atoms with van der Waals surface area (Å²) in [5, 5.41) is 12.6. The van der Waals surface area contributed by atoms with E-state index >= 15 is 0 Å². The number of anilines is 2. The van der Waals surface area contributed by atoms with Crippen molar-refractivity contribution in [3.63, 3.8) is 0 Å². The van der Waals surface area contributed by atoms with Crippen LogP contribution in [0.4, 0.5) is 11.6 Å². The third kappa shape index (κ3) is 7.63. The predicted octanol–water partition coefficient (Wildman–Crippen LogP) is 9.36. The van der Waals surface area contributed by atoms with Crippen LogP contribution in [0.5, 0.6) is 11.5 Å². The molecule has 0 fully saturated rings. The van der Waals surface area contributed by atoms with Crippen LogP contribution < -0.4 is 20.1 Å². The van der Waals surface area contributed by atoms with E-state index in [1.54, 1.807) is 4.68 Å². The highest BCUT2D eigenvalue weighted by atomic mass is 35.5. The Morgan fingerprint density at radius 1 is 0.898 bits per heavy atom. The molecule has 49 heavy (non-hydrogen) atoms. The van der Waals surface area contributed by atoms with Crippen LogP contribution in [0.3, 0.4) is 0 Å². The van der Waals surface area contributed by atoms with Gasteiger partial charge in [0, 0.05) is 22.2 Å². The smallest absolute Gasteiger partial charge is 0.255 e. The number of thioether (sulfide) groups is 1. The number of fused-ring (bicyclic) bond motifs is 1. The molecule has 0 aliphatic carbocycles. The van der Waals surface area contributed by atoms with E-state index in [0.29, 0.717) is 63.6 Å². The molecule has 1 amide bonds. The second-order valence-electron chi connectivity index (χ2n) is 12.2. The van der Waals surface area contributed by atoms with Gasteiger partial charge in [0.05, 0.1) is 12.2 Å². The van der Waals surface area contributed by atoms with Gasteiger partial charge in [-0.3, -0.25) is 4.79 Å². The van der Waals surface area contributed by atoms with E-state index in [1.165, 1.54) is 28.5 Å². The Balaban J connectivity index is 1.36. The first kappa shape index (κ1) is 34.1. The summed E-state index contributed by atoms with van der Waals surface area (Å²) < 4.78 is 14.3. The van der Waals surface area contributed by atoms with E-state index in [4.69, 9.17) is 31.2 Å². The van der Waals surface area contributed by atoms with Crippen molar-refractivity contribution in [3.05, 3.63) is 134 Å². The molecule has 0 radical (unpaired) electrons. The van der Waals surface area contributed by atoms with Crippen LogP contribution in [0, 0.1) is 27.7 Å². The third-order valence-electron chi connectivity index (χ3n) is 8.59. The molecule has 5 aromatic rings. The largest absolute Gasteiger partial charge is 0.490 e. The zero-order valence-electron chi connectivity index (χ0n) is 28.6. The zero-order chi connectivity index (χ0) is 34.7. The van der Waals surface area contributed by atoms with E-state index in [-0.39, 0.29) is 5.91 Å². The monoisotopic (exact) mass is 693 g/mol. The number of allylic oxidation sites excluding steroid dienone is 1. The maximum absolute atomic E-state index is 14.1. The van der Waals surface area contributed by atoms with Gasteiger partial charge in [-0.2, -0.15) is 4.98 Å². The summed E-state index contributed by atoms with van der Waals surface area (Å²) >= 11 is 7.91. The molecule has 252 valence electrons. The highest BCUT2D eigenvalue weighted by Crippen LogP contribution is 2.40. The molecule has 1 atom stereocenters. The Labute approximate surface area is 296 Å². The van der Waals surface area contributed by atoms with Crippen LogP contribution in [0.25, 0.3) is 0 Å². The maximum atomic E-state index is 14.1. The average Bonchev–Trinajstić information content (AvgIpc) is 3.47. The first-order valence-electron chi connectivity index (χ1n) is 16.3. The number of halogens is 1. The highest BCUT2D eigenvalue weighted by Gasteiger charge is 2.35. The minimum Gasteiger partial charge on any atom is -0.490 e. The number of amides is 1. The van der Waals surface area contributed by atoms with E-state index in [9.17, 15) is 4.79 Å². The van der Waals surface area contributed by atoms with Crippen molar-refractivity contribution in [2.24, 2.45) is 0 Å². The number of rotatable bonds is 11. The van der Waals surface area contributed by atoms with E-state index < -0.39 is 6.04 Å². The molecule has 4 aromatic carbocycles. The Hall–Kier alpha value is -4.73. The lowest BCUT2D eigenvalue weighted by molar-refractivity contribution is -0.113. The van der Waals surface area contributed by atoms with Gasteiger partial charge in [-0.15, -0.1) is 5.10 Å². The first-order valence-corrected chi connectivity index (χ1v) is 17.6. The number of ether oxygens (including phenoxy) is 2. The number of carbonyl (C=O) groups is 1. The molecule has 1 aliphatic rings. The molecule has 2 heterocycles. The van der Waals surface area contributed by atoms with Crippen molar-refractivity contribution in [2.75, 3.05) is 17.2 Å². The summed E-state index contributed by atoms with van der Waals surface area (Å²) in [6.07, 6.45) is 0. The molecule has 1 aliphatic heterocycles. The molecule has 6 rings (SSSR count). The minimum atomic E-state index is -0.599. The summed E-state index contributed by atoms with van der Waals surface area (Å²) in [5.74, 6) is 2.11. The molecule has 1 unspecified atom stereocenters. The van der Waals surface area contributed by atoms with Crippen molar-refractivity contribution >= 4 is 40.9 Å². The van der Waals surface area contributed by atoms with Gasteiger partial charge in [0.15, 0.2) is 11.5 Å². The molecule has 0 saturated carbocycles. The molecule has 2 N–H and O–H groups in total. The molecule has 0 bridgehead atoms. The number of nitrogens with one attached hydrogen (secondary N) is 2. The van der Waals surface area contributed by atoms with Crippen LogP contribution in [-0.4, -0.2) is 27.3 Å². The van der Waals surface area contributed by atoms with Gasteiger partial charge >= 0.3 is 0 Å². The molecule has 8 nitrogen and oxygen atoms in total. The number of aryl methyl sites for hydroxylation is 4. The first-order chi connectivity index (χ1) is 23.6. The summed E-state index contributed by atoms with van der Waals surface area (Å²) in [5.41, 5.74) is 9.54. The van der Waals surface area contributed by atoms with Crippen molar-refractivity contribution < 1.29 is 14.3 Å². The van der Waals surface area contributed by atoms with E-state index in [0.717, 1.165) is 22.3 Å². The summed E-state index contributed by atoms with van der Waals surface area (Å²) in [7, 11) is 0. The fourth-order valence-electron chi connectivity index (χ4n) is 5.89. The van der Waals surface area contributed by atoms with Crippen molar-refractivity contribution in [3.8, 4) is 11.5 Å².